The second-order valence-corrected chi connectivity index (χ2v) is 7.67. The molecule has 0 fully saturated rings. The Balaban J connectivity index is 2.47. The minimum atomic E-state index is -0.943. The summed E-state index contributed by atoms with van der Waals surface area (Å²) in [5, 5.41) is 10.5. The highest BCUT2D eigenvalue weighted by molar-refractivity contribution is 8.03. The standard InChI is InChI=1S/C20H27FN2O3S/c1-5-27-19-18(20(24)25)14(2)11-17(22(3)9-10-26-4)23(19)13-15-7-6-8-16(21)12-15/h6-8,11-12,17H,5,9-10,13H2,1-4H3,(H,24,25). The minimum Gasteiger partial charge on any atom is -0.478 e. The number of hydrogen-bond donors (Lipinski definition) is 1. The van der Waals surface area contributed by atoms with Crippen LogP contribution in [0.3, 0.4) is 0 Å². The number of ether oxygens (including phenoxy) is 1. The molecule has 1 unspecified atom stereocenters. The van der Waals surface area contributed by atoms with E-state index in [1.54, 1.807) is 13.2 Å². The van der Waals surface area contributed by atoms with Crippen LogP contribution in [0.15, 0.2) is 46.5 Å². The fourth-order valence-electron chi connectivity index (χ4n) is 3.11. The summed E-state index contributed by atoms with van der Waals surface area (Å²) in [5.41, 5.74) is 1.85. The second-order valence-electron chi connectivity index (χ2n) is 6.41. The van der Waals surface area contributed by atoms with E-state index in [9.17, 15) is 14.3 Å². The monoisotopic (exact) mass is 394 g/mol. The van der Waals surface area contributed by atoms with Crippen LogP contribution < -0.4 is 0 Å². The Morgan fingerprint density at radius 1 is 1.44 bits per heavy atom. The highest BCUT2D eigenvalue weighted by atomic mass is 32.2. The normalized spacial score (nSPS) is 17.5. The van der Waals surface area contributed by atoms with Crippen LogP contribution in [0.1, 0.15) is 19.4 Å². The van der Waals surface area contributed by atoms with E-state index in [0.29, 0.717) is 30.3 Å². The molecule has 0 spiro atoms. The number of halogens is 1. The zero-order valence-corrected chi connectivity index (χ0v) is 17.1. The first-order chi connectivity index (χ1) is 12.9. The van der Waals surface area contributed by atoms with E-state index in [0.717, 1.165) is 16.9 Å². The number of thioether (sulfide) groups is 1. The van der Waals surface area contributed by atoms with E-state index < -0.39 is 5.97 Å². The SMILES string of the molecule is CCSC1=C(C(=O)O)C(C)=CC(N(C)CCOC)N1Cc1cccc(F)c1. The van der Waals surface area contributed by atoms with Gasteiger partial charge in [-0.2, -0.15) is 0 Å². The number of likely N-dealkylation sites (N-methyl/N-ethyl adjacent to an activating group) is 1. The summed E-state index contributed by atoms with van der Waals surface area (Å²) in [6.07, 6.45) is 1.82. The van der Waals surface area contributed by atoms with E-state index in [1.165, 1.54) is 23.9 Å². The van der Waals surface area contributed by atoms with Gasteiger partial charge in [0.05, 0.1) is 17.2 Å². The Kier molecular flexibility index (Phi) is 7.89. The number of carboxylic acids is 1. The van der Waals surface area contributed by atoms with Crippen LogP contribution in [0, 0.1) is 5.82 Å². The van der Waals surface area contributed by atoms with Crippen LogP contribution in [-0.4, -0.2) is 60.1 Å². The maximum Gasteiger partial charge on any atom is 0.338 e. The minimum absolute atomic E-state index is 0.138. The Hall–Kier alpha value is -1.83. The lowest BCUT2D eigenvalue weighted by atomic mass is 10.0. The molecule has 27 heavy (non-hydrogen) atoms. The number of benzene rings is 1. The fraction of sp³-hybridized carbons (Fsp3) is 0.450. The van der Waals surface area contributed by atoms with Crippen LogP contribution in [0.25, 0.3) is 0 Å². The van der Waals surface area contributed by atoms with Crippen LogP contribution in [-0.2, 0) is 16.1 Å². The van der Waals surface area contributed by atoms with Crippen molar-refractivity contribution in [1.29, 1.82) is 0 Å². The summed E-state index contributed by atoms with van der Waals surface area (Å²) in [4.78, 5) is 16.1. The molecule has 1 atom stereocenters. The molecule has 1 aromatic rings. The summed E-state index contributed by atoms with van der Waals surface area (Å²) in [5.74, 6) is -0.498. The lowest BCUT2D eigenvalue weighted by Crippen LogP contribution is -2.47. The Morgan fingerprint density at radius 3 is 2.78 bits per heavy atom. The van der Waals surface area contributed by atoms with Crippen LogP contribution in [0.4, 0.5) is 4.39 Å². The van der Waals surface area contributed by atoms with Gasteiger partial charge in [-0.15, -0.1) is 11.8 Å². The molecule has 0 aliphatic carbocycles. The molecule has 0 aromatic heterocycles. The first kappa shape index (κ1) is 21.5. The number of aliphatic carboxylic acids is 1. The Morgan fingerprint density at radius 2 is 2.19 bits per heavy atom. The smallest absolute Gasteiger partial charge is 0.338 e. The molecule has 1 heterocycles. The molecule has 1 N–H and O–H groups in total. The third-order valence-electron chi connectivity index (χ3n) is 4.42. The molecule has 2 rings (SSSR count). The van der Waals surface area contributed by atoms with Gasteiger partial charge >= 0.3 is 5.97 Å². The highest BCUT2D eigenvalue weighted by Crippen LogP contribution is 2.36. The molecule has 1 aromatic carbocycles. The van der Waals surface area contributed by atoms with E-state index in [4.69, 9.17) is 4.74 Å². The number of nitrogens with zero attached hydrogens (tertiary/aromatic N) is 2. The summed E-state index contributed by atoms with van der Waals surface area (Å²) < 4.78 is 18.9. The molecule has 148 valence electrons. The van der Waals surface area contributed by atoms with Crippen molar-refractivity contribution in [3.8, 4) is 0 Å². The van der Waals surface area contributed by atoms with Gasteiger partial charge in [-0.25, -0.2) is 9.18 Å². The summed E-state index contributed by atoms with van der Waals surface area (Å²) in [7, 11) is 3.63. The number of hydrogen-bond acceptors (Lipinski definition) is 5. The number of carbonyl (C=O) groups is 1. The van der Waals surface area contributed by atoms with Gasteiger partial charge in [-0.05, 0) is 49.1 Å². The van der Waals surface area contributed by atoms with Crippen molar-refractivity contribution >= 4 is 17.7 Å². The average molecular weight is 395 g/mol. The molecular weight excluding hydrogens is 367 g/mol. The second kappa shape index (κ2) is 9.92. The highest BCUT2D eigenvalue weighted by Gasteiger charge is 2.32. The largest absolute Gasteiger partial charge is 0.478 e. The van der Waals surface area contributed by atoms with E-state index >= 15 is 0 Å². The molecule has 5 nitrogen and oxygen atoms in total. The maximum atomic E-state index is 13.7. The molecule has 0 saturated heterocycles. The van der Waals surface area contributed by atoms with E-state index in [1.807, 2.05) is 37.9 Å². The zero-order chi connectivity index (χ0) is 20.0. The van der Waals surface area contributed by atoms with Gasteiger partial charge in [-0.3, -0.25) is 4.90 Å². The van der Waals surface area contributed by atoms with Crippen molar-refractivity contribution in [2.75, 3.05) is 33.1 Å². The van der Waals surface area contributed by atoms with Crippen molar-refractivity contribution in [2.45, 2.75) is 26.6 Å². The predicted octanol–water partition coefficient (Wildman–Crippen LogP) is 3.54. The quantitative estimate of drug-likeness (QED) is 0.691. The van der Waals surface area contributed by atoms with Gasteiger partial charge in [0.25, 0.3) is 0 Å². The fourth-order valence-corrected chi connectivity index (χ4v) is 4.12. The number of methoxy groups -OCH3 is 1. The average Bonchev–Trinajstić information content (AvgIpc) is 2.61. The van der Waals surface area contributed by atoms with E-state index in [-0.39, 0.29) is 12.0 Å². The van der Waals surface area contributed by atoms with Gasteiger partial charge in [0.2, 0.25) is 0 Å². The molecular formula is C20H27FN2O3S. The lowest BCUT2D eigenvalue weighted by molar-refractivity contribution is -0.132. The van der Waals surface area contributed by atoms with Gasteiger partial charge in [0.1, 0.15) is 12.0 Å². The molecule has 7 heteroatoms. The van der Waals surface area contributed by atoms with Gasteiger partial charge in [0.15, 0.2) is 0 Å². The van der Waals surface area contributed by atoms with Crippen molar-refractivity contribution in [3.05, 3.63) is 57.9 Å². The number of carboxylic acid groups (broad SMARTS) is 1. The third kappa shape index (κ3) is 5.34. The summed E-state index contributed by atoms with van der Waals surface area (Å²) in [6, 6.07) is 6.43. The predicted molar refractivity (Wildman–Crippen MR) is 107 cm³/mol. The van der Waals surface area contributed by atoms with Gasteiger partial charge in [-0.1, -0.05) is 19.1 Å². The van der Waals surface area contributed by atoms with Crippen molar-refractivity contribution in [1.82, 2.24) is 9.80 Å². The maximum absolute atomic E-state index is 13.7. The zero-order valence-electron chi connectivity index (χ0n) is 16.2. The van der Waals surface area contributed by atoms with Crippen LogP contribution >= 0.6 is 11.8 Å². The van der Waals surface area contributed by atoms with E-state index in [2.05, 4.69) is 4.90 Å². The van der Waals surface area contributed by atoms with Crippen molar-refractivity contribution in [2.24, 2.45) is 0 Å². The van der Waals surface area contributed by atoms with Gasteiger partial charge < -0.3 is 14.7 Å². The molecule has 0 bridgehead atoms. The van der Waals surface area contributed by atoms with Crippen molar-refractivity contribution in [3.63, 3.8) is 0 Å². The molecule has 1 aliphatic heterocycles. The molecule has 0 amide bonds. The van der Waals surface area contributed by atoms with Gasteiger partial charge in [0, 0.05) is 20.2 Å². The molecule has 0 saturated carbocycles. The Labute approximate surface area is 164 Å². The topological polar surface area (TPSA) is 53.0 Å². The number of rotatable bonds is 9. The Bertz CT molecular complexity index is 736. The third-order valence-corrected chi connectivity index (χ3v) is 5.42. The molecule has 1 aliphatic rings. The summed E-state index contributed by atoms with van der Waals surface area (Å²) in [6.45, 7) is 5.50. The van der Waals surface area contributed by atoms with Crippen LogP contribution in [0.2, 0.25) is 0 Å². The summed E-state index contributed by atoms with van der Waals surface area (Å²) >= 11 is 1.50. The van der Waals surface area contributed by atoms with Crippen LogP contribution in [0.5, 0.6) is 0 Å². The first-order valence-electron chi connectivity index (χ1n) is 8.88. The molecule has 0 radical (unpaired) electrons. The first-order valence-corrected chi connectivity index (χ1v) is 9.87. The lowest BCUT2D eigenvalue weighted by Gasteiger charge is -2.42. The van der Waals surface area contributed by atoms with Crippen molar-refractivity contribution < 1.29 is 19.0 Å².